The lowest BCUT2D eigenvalue weighted by atomic mass is 9.80. The van der Waals surface area contributed by atoms with Crippen LogP contribution in [0.2, 0.25) is 0 Å². The highest BCUT2D eigenvalue weighted by Gasteiger charge is 2.44. The maximum absolute atomic E-state index is 13.6. The molecule has 1 amide bonds. The number of aromatic nitrogens is 2. The standard InChI is InChI=1S/C31H37F6N5O4/c1-18-27(21-12-22(30(32,33)34)14-23(13-21)31(35,36)37)46-29(45)42(18)17-24-28(38-15-25(39-24)41-9-3-4-10-41)40(2)16-20-7-5-19(6-8-20)11-26(43)44/h12-15,18-20,27H,3-11,16-17H2,1-2H3,(H,43,44)/t18-,19?,20?,27?/m0/s1. The second kappa shape index (κ2) is 13.1. The molecule has 3 fully saturated rings. The molecule has 1 aromatic heterocycles. The maximum Gasteiger partial charge on any atom is 0.416 e. The Morgan fingerprint density at radius 1 is 1.00 bits per heavy atom. The smallest absolute Gasteiger partial charge is 0.416 e. The van der Waals surface area contributed by atoms with E-state index in [9.17, 15) is 35.9 Å². The van der Waals surface area contributed by atoms with Gasteiger partial charge in [0.1, 0.15) is 17.6 Å². The Morgan fingerprint density at radius 3 is 2.15 bits per heavy atom. The van der Waals surface area contributed by atoms with Gasteiger partial charge in [-0.1, -0.05) is 0 Å². The Balaban J connectivity index is 1.39. The number of benzene rings is 1. The van der Waals surface area contributed by atoms with Crippen molar-refractivity contribution in [3.8, 4) is 0 Å². The minimum atomic E-state index is -5.04. The van der Waals surface area contributed by atoms with Crippen LogP contribution in [0.5, 0.6) is 0 Å². The van der Waals surface area contributed by atoms with Gasteiger partial charge in [0.25, 0.3) is 0 Å². The molecular weight excluding hydrogens is 620 g/mol. The van der Waals surface area contributed by atoms with Crippen molar-refractivity contribution in [2.75, 3.05) is 36.5 Å². The Kier molecular flexibility index (Phi) is 9.60. The first-order valence-corrected chi connectivity index (χ1v) is 15.4. The summed E-state index contributed by atoms with van der Waals surface area (Å²) in [6.07, 6.45) is -5.24. The molecule has 15 heteroatoms. The summed E-state index contributed by atoms with van der Waals surface area (Å²) in [6.45, 7) is 3.56. The summed E-state index contributed by atoms with van der Waals surface area (Å²) in [4.78, 5) is 39.1. The zero-order chi connectivity index (χ0) is 33.4. The van der Waals surface area contributed by atoms with Crippen molar-refractivity contribution in [1.29, 1.82) is 0 Å². The lowest BCUT2D eigenvalue weighted by Crippen LogP contribution is -2.35. The van der Waals surface area contributed by atoms with Crippen molar-refractivity contribution >= 4 is 23.7 Å². The van der Waals surface area contributed by atoms with Crippen molar-refractivity contribution in [1.82, 2.24) is 14.9 Å². The SMILES string of the molecule is C[C@H]1C(c2cc(C(F)(F)F)cc(C(F)(F)F)c2)OC(=O)N1Cc1nc(N2CCCC2)cnc1N(C)CC1CCC(CC(=O)O)CC1. The summed E-state index contributed by atoms with van der Waals surface area (Å²) < 4.78 is 86.7. The van der Waals surface area contributed by atoms with Crippen LogP contribution in [0.1, 0.15) is 80.4 Å². The van der Waals surface area contributed by atoms with E-state index in [2.05, 4.69) is 4.90 Å². The molecule has 46 heavy (non-hydrogen) atoms. The Morgan fingerprint density at radius 2 is 1.59 bits per heavy atom. The number of carbonyl (C=O) groups is 2. The molecule has 2 aliphatic heterocycles. The fourth-order valence-corrected chi connectivity index (χ4v) is 6.74. The highest BCUT2D eigenvalue weighted by atomic mass is 19.4. The third kappa shape index (κ3) is 7.60. The second-order valence-electron chi connectivity index (χ2n) is 12.6. The van der Waals surface area contributed by atoms with E-state index in [0.717, 1.165) is 51.6 Å². The van der Waals surface area contributed by atoms with Crippen LogP contribution in [-0.4, -0.2) is 64.8 Å². The number of ether oxygens (including phenoxy) is 1. The number of alkyl halides is 6. The number of nitrogens with zero attached hydrogens (tertiary/aromatic N) is 5. The summed E-state index contributed by atoms with van der Waals surface area (Å²) in [5.74, 6) is 0.741. The number of cyclic esters (lactones) is 1. The van der Waals surface area contributed by atoms with Crippen molar-refractivity contribution in [3.63, 3.8) is 0 Å². The molecule has 2 saturated heterocycles. The van der Waals surface area contributed by atoms with Crippen LogP contribution in [0.4, 0.5) is 42.8 Å². The molecule has 1 aliphatic carbocycles. The third-order valence-corrected chi connectivity index (χ3v) is 9.21. The number of anilines is 2. The van der Waals surface area contributed by atoms with Gasteiger partial charge in [0.15, 0.2) is 5.82 Å². The van der Waals surface area contributed by atoms with Gasteiger partial charge >= 0.3 is 24.4 Å². The Hall–Kier alpha value is -3.78. The maximum atomic E-state index is 13.6. The van der Waals surface area contributed by atoms with Gasteiger partial charge in [-0.05, 0) is 81.0 Å². The highest BCUT2D eigenvalue weighted by molar-refractivity contribution is 5.71. The highest BCUT2D eigenvalue weighted by Crippen LogP contribution is 2.41. The Bertz CT molecular complexity index is 1390. The summed E-state index contributed by atoms with van der Waals surface area (Å²) in [5, 5.41) is 9.13. The molecule has 5 rings (SSSR count). The van der Waals surface area contributed by atoms with Crippen molar-refractivity contribution in [2.24, 2.45) is 11.8 Å². The quantitative estimate of drug-likeness (QED) is 0.291. The lowest BCUT2D eigenvalue weighted by Gasteiger charge is -2.32. The number of aliphatic carboxylic acids is 1. The molecule has 1 saturated carbocycles. The van der Waals surface area contributed by atoms with E-state index in [4.69, 9.17) is 19.8 Å². The van der Waals surface area contributed by atoms with Gasteiger partial charge in [-0.3, -0.25) is 9.69 Å². The molecule has 2 aromatic rings. The van der Waals surface area contributed by atoms with Gasteiger partial charge in [-0.25, -0.2) is 14.8 Å². The fourth-order valence-electron chi connectivity index (χ4n) is 6.74. The van der Waals surface area contributed by atoms with Crippen molar-refractivity contribution in [2.45, 2.75) is 82.9 Å². The van der Waals surface area contributed by atoms with Crippen LogP contribution in [0.3, 0.4) is 0 Å². The summed E-state index contributed by atoms with van der Waals surface area (Å²) >= 11 is 0. The van der Waals surface area contributed by atoms with E-state index in [1.165, 1.54) is 11.8 Å². The molecule has 2 atom stereocenters. The van der Waals surface area contributed by atoms with E-state index in [1.807, 2.05) is 11.9 Å². The first-order chi connectivity index (χ1) is 21.6. The molecule has 0 radical (unpaired) electrons. The summed E-state index contributed by atoms with van der Waals surface area (Å²) in [6, 6.07) is 0.302. The molecule has 0 bridgehead atoms. The number of carboxylic acids is 1. The number of hydrogen-bond donors (Lipinski definition) is 1. The van der Waals surface area contributed by atoms with Crippen molar-refractivity contribution in [3.05, 3.63) is 46.8 Å². The average molecular weight is 658 g/mol. The monoisotopic (exact) mass is 657 g/mol. The van der Waals surface area contributed by atoms with Crippen LogP contribution in [0.15, 0.2) is 24.4 Å². The predicted octanol–water partition coefficient (Wildman–Crippen LogP) is 6.91. The van der Waals surface area contributed by atoms with Gasteiger partial charge in [0.05, 0.1) is 29.9 Å². The van der Waals surface area contributed by atoms with Gasteiger partial charge in [0, 0.05) is 33.1 Å². The van der Waals surface area contributed by atoms with E-state index in [0.29, 0.717) is 36.0 Å². The summed E-state index contributed by atoms with van der Waals surface area (Å²) in [5.41, 5.74) is -2.94. The first kappa shape index (κ1) is 33.6. The average Bonchev–Trinajstić information content (AvgIpc) is 3.62. The van der Waals surface area contributed by atoms with Crippen molar-refractivity contribution < 1.29 is 45.8 Å². The van der Waals surface area contributed by atoms with E-state index < -0.39 is 53.3 Å². The normalized spacial score (nSPS) is 24.0. The number of hydrogen-bond acceptors (Lipinski definition) is 7. The van der Waals surface area contributed by atoms with Gasteiger partial charge in [0.2, 0.25) is 0 Å². The minimum absolute atomic E-state index is 0.0445. The molecule has 1 N–H and O–H groups in total. The number of halogens is 6. The number of amides is 1. The molecule has 9 nitrogen and oxygen atoms in total. The molecular formula is C31H37F6N5O4. The number of carboxylic acid groups (broad SMARTS) is 1. The van der Waals surface area contributed by atoms with Crippen LogP contribution >= 0.6 is 0 Å². The zero-order valence-corrected chi connectivity index (χ0v) is 25.6. The predicted molar refractivity (Wildman–Crippen MR) is 155 cm³/mol. The topological polar surface area (TPSA) is 99.1 Å². The molecule has 3 heterocycles. The van der Waals surface area contributed by atoms with Crippen LogP contribution in [0, 0.1) is 11.8 Å². The number of carbonyl (C=O) groups excluding carboxylic acids is 1. The fraction of sp³-hybridized carbons (Fsp3) is 0.613. The summed E-state index contributed by atoms with van der Waals surface area (Å²) in [7, 11) is 1.85. The lowest BCUT2D eigenvalue weighted by molar-refractivity contribution is -0.143. The van der Waals surface area contributed by atoms with E-state index >= 15 is 0 Å². The molecule has 252 valence electrons. The molecule has 3 aliphatic rings. The van der Waals surface area contributed by atoms with Gasteiger partial charge < -0.3 is 19.6 Å². The molecule has 1 aromatic carbocycles. The van der Waals surface area contributed by atoms with E-state index in [-0.39, 0.29) is 30.9 Å². The zero-order valence-electron chi connectivity index (χ0n) is 25.6. The largest absolute Gasteiger partial charge is 0.481 e. The number of rotatable bonds is 9. The first-order valence-electron chi connectivity index (χ1n) is 15.4. The Labute approximate surface area is 262 Å². The van der Waals surface area contributed by atoms with Crippen LogP contribution in [-0.2, 0) is 28.4 Å². The second-order valence-corrected chi connectivity index (χ2v) is 12.6. The van der Waals surface area contributed by atoms with Crippen LogP contribution in [0.25, 0.3) is 0 Å². The van der Waals surface area contributed by atoms with Gasteiger partial charge in [-0.2, -0.15) is 26.3 Å². The van der Waals surface area contributed by atoms with Gasteiger partial charge in [-0.15, -0.1) is 0 Å². The molecule has 1 unspecified atom stereocenters. The third-order valence-electron chi connectivity index (χ3n) is 9.21. The van der Waals surface area contributed by atoms with E-state index in [1.54, 1.807) is 6.20 Å². The molecule has 0 spiro atoms. The van der Waals surface area contributed by atoms with Crippen LogP contribution < -0.4 is 9.80 Å². The minimum Gasteiger partial charge on any atom is -0.481 e.